The van der Waals surface area contributed by atoms with Crippen LogP contribution in [0, 0.1) is 0 Å². The molecule has 3 rings (SSSR count). The average Bonchev–Trinajstić information content (AvgIpc) is 2.94. The van der Waals surface area contributed by atoms with Crippen LogP contribution in [0.25, 0.3) is 0 Å². The van der Waals surface area contributed by atoms with Gasteiger partial charge in [0.25, 0.3) is 0 Å². The lowest BCUT2D eigenvalue weighted by molar-refractivity contribution is 0.475. The molecule has 20 heavy (non-hydrogen) atoms. The number of aromatic hydroxyl groups is 1. The van der Waals surface area contributed by atoms with E-state index in [1.165, 1.54) is 22.4 Å². The summed E-state index contributed by atoms with van der Waals surface area (Å²) in [5.74, 6) is 0.327. The molecular weight excluding hydrogens is 248 g/mol. The molecule has 1 aliphatic heterocycles. The van der Waals surface area contributed by atoms with E-state index in [4.69, 9.17) is 0 Å². The van der Waals surface area contributed by atoms with Crippen LogP contribution in [-0.2, 0) is 19.4 Å². The number of hydrogen-bond acceptors (Lipinski definition) is 3. The first-order chi connectivity index (χ1) is 9.83. The molecule has 3 nitrogen and oxygen atoms in total. The van der Waals surface area contributed by atoms with E-state index in [0.29, 0.717) is 5.75 Å². The van der Waals surface area contributed by atoms with E-state index in [1.54, 1.807) is 12.1 Å². The van der Waals surface area contributed by atoms with Crippen LogP contribution in [-0.4, -0.2) is 18.2 Å². The van der Waals surface area contributed by atoms with E-state index in [9.17, 15) is 5.11 Å². The van der Waals surface area contributed by atoms with Gasteiger partial charge >= 0.3 is 0 Å². The van der Waals surface area contributed by atoms with Crippen molar-refractivity contribution in [3.63, 3.8) is 0 Å². The molecule has 0 aliphatic carbocycles. The largest absolute Gasteiger partial charge is 0.508 e. The molecule has 2 aromatic carbocycles. The highest BCUT2D eigenvalue weighted by molar-refractivity contribution is 5.61. The first kappa shape index (κ1) is 13.0. The van der Waals surface area contributed by atoms with E-state index in [0.717, 1.165) is 32.5 Å². The number of benzene rings is 2. The lowest BCUT2D eigenvalue weighted by Crippen LogP contribution is -2.17. The molecule has 0 amide bonds. The number of para-hydroxylation sites is 1. The van der Waals surface area contributed by atoms with Gasteiger partial charge in [-0.1, -0.05) is 30.3 Å². The second-order valence-corrected chi connectivity index (χ2v) is 5.22. The highest BCUT2D eigenvalue weighted by Crippen LogP contribution is 2.26. The van der Waals surface area contributed by atoms with Crippen LogP contribution in [0.3, 0.4) is 0 Å². The minimum atomic E-state index is 0.327. The van der Waals surface area contributed by atoms with Crippen molar-refractivity contribution in [3.8, 4) is 5.75 Å². The molecule has 0 saturated heterocycles. The zero-order chi connectivity index (χ0) is 13.8. The summed E-state index contributed by atoms with van der Waals surface area (Å²) < 4.78 is 0. The Bertz CT molecular complexity index is 578. The van der Waals surface area contributed by atoms with Crippen LogP contribution in [0.15, 0.2) is 42.5 Å². The maximum atomic E-state index is 9.24. The van der Waals surface area contributed by atoms with Crippen molar-refractivity contribution < 1.29 is 5.11 Å². The molecule has 0 spiro atoms. The van der Waals surface area contributed by atoms with E-state index in [1.807, 2.05) is 12.1 Å². The molecular formula is C17H20N2O. The normalized spacial score (nSPS) is 13.0. The fourth-order valence-electron chi connectivity index (χ4n) is 2.68. The Kier molecular flexibility index (Phi) is 3.88. The summed E-state index contributed by atoms with van der Waals surface area (Å²) in [7, 11) is 0. The number of anilines is 1. The molecule has 0 radical (unpaired) electrons. The highest BCUT2D eigenvalue weighted by atomic mass is 16.3. The zero-order valence-corrected chi connectivity index (χ0v) is 11.5. The maximum absolute atomic E-state index is 9.24. The molecule has 104 valence electrons. The molecule has 0 fully saturated rings. The lowest BCUT2D eigenvalue weighted by atomic mass is 10.1. The van der Waals surface area contributed by atoms with Crippen molar-refractivity contribution in [2.75, 3.05) is 18.4 Å². The van der Waals surface area contributed by atoms with Gasteiger partial charge in [0.15, 0.2) is 0 Å². The van der Waals surface area contributed by atoms with Crippen LogP contribution >= 0.6 is 0 Å². The van der Waals surface area contributed by atoms with Gasteiger partial charge in [-0.3, -0.25) is 0 Å². The van der Waals surface area contributed by atoms with E-state index in [2.05, 4.69) is 28.8 Å². The Morgan fingerprint density at radius 2 is 1.95 bits per heavy atom. The number of hydrogen-bond donors (Lipinski definition) is 3. The number of phenolic OH excluding ortho intramolecular Hbond substituents is 1. The first-order valence-corrected chi connectivity index (χ1v) is 7.16. The quantitative estimate of drug-likeness (QED) is 0.731. The standard InChI is InChI=1S/C17H20N2O/c20-16-6-4-13(5-7-16)8-10-18-12-15-3-1-2-14-9-11-19-17(14)15/h1-7,18-20H,8-12H2. The molecule has 0 bridgehead atoms. The van der Waals surface area contributed by atoms with Crippen LogP contribution < -0.4 is 10.6 Å². The van der Waals surface area contributed by atoms with Crippen LogP contribution in [0.2, 0.25) is 0 Å². The fourth-order valence-corrected chi connectivity index (χ4v) is 2.68. The van der Waals surface area contributed by atoms with Crippen molar-refractivity contribution in [1.29, 1.82) is 0 Å². The highest BCUT2D eigenvalue weighted by Gasteiger charge is 2.12. The zero-order valence-electron chi connectivity index (χ0n) is 11.5. The summed E-state index contributed by atoms with van der Waals surface area (Å²) in [4.78, 5) is 0. The van der Waals surface area contributed by atoms with E-state index in [-0.39, 0.29) is 0 Å². The van der Waals surface area contributed by atoms with Gasteiger partial charge < -0.3 is 15.7 Å². The Morgan fingerprint density at radius 1 is 1.10 bits per heavy atom. The molecule has 3 N–H and O–H groups in total. The van der Waals surface area contributed by atoms with Crippen LogP contribution in [0.5, 0.6) is 5.75 Å². The van der Waals surface area contributed by atoms with Gasteiger partial charge in [-0.05, 0) is 48.2 Å². The Morgan fingerprint density at radius 3 is 2.80 bits per heavy atom. The third-order valence-corrected chi connectivity index (χ3v) is 3.78. The van der Waals surface area contributed by atoms with Crippen LogP contribution in [0.1, 0.15) is 16.7 Å². The number of rotatable bonds is 5. The minimum absolute atomic E-state index is 0.327. The molecule has 1 heterocycles. The Balaban J connectivity index is 1.51. The van der Waals surface area contributed by atoms with Gasteiger partial charge in [0.1, 0.15) is 5.75 Å². The summed E-state index contributed by atoms with van der Waals surface area (Å²) in [6, 6.07) is 14.0. The third-order valence-electron chi connectivity index (χ3n) is 3.78. The topological polar surface area (TPSA) is 44.3 Å². The minimum Gasteiger partial charge on any atom is -0.508 e. The van der Waals surface area contributed by atoms with Gasteiger partial charge in [0, 0.05) is 18.8 Å². The van der Waals surface area contributed by atoms with Gasteiger partial charge in [0.2, 0.25) is 0 Å². The Labute approximate surface area is 119 Å². The predicted molar refractivity (Wildman–Crippen MR) is 82.2 cm³/mol. The number of nitrogens with one attached hydrogen (secondary N) is 2. The van der Waals surface area contributed by atoms with Gasteiger partial charge in [-0.2, -0.15) is 0 Å². The molecule has 3 heteroatoms. The first-order valence-electron chi connectivity index (χ1n) is 7.16. The van der Waals surface area contributed by atoms with Crippen molar-refractivity contribution in [2.45, 2.75) is 19.4 Å². The number of phenols is 1. The second-order valence-electron chi connectivity index (χ2n) is 5.22. The second kappa shape index (κ2) is 5.97. The molecule has 0 aromatic heterocycles. The summed E-state index contributed by atoms with van der Waals surface area (Å²) in [6.07, 6.45) is 2.11. The molecule has 2 aromatic rings. The van der Waals surface area contributed by atoms with Gasteiger partial charge in [-0.15, -0.1) is 0 Å². The van der Waals surface area contributed by atoms with Gasteiger partial charge in [-0.25, -0.2) is 0 Å². The predicted octanol–water partition coefficient (Wildman–Crippen LogP) is 2.69. The molecule has 0 saturated carbocycles. The fraction of sp³-hybridized carbons (Fsp3) is 0.294. The van der Waals surface area contributed by atoms with E-state index < -0.39 is 0 Å². The average molecular weight is 268 g/mol. The monoisotopic (exact) mass is 268 g/mol. The van der Waals surface area contributed by atoms with Gasteiger partial charge in [0.05, 0.1) is 0 Å². The van der Waals surface area contributed by atoms with Crippen LogP contribution in [0.4, 0.5) is 5.69 Å². The SMILES string of the molecule is Oc1ccc(CCNCc2cccc3c2NCC3)cc1. The smallest absolute Gasteiger partial charge is 0.115 e. The molecule has 0 unspecified atom stereocenters. The molecule has 1 aliphatic rings. The van der Waals surface area contributed by atoms with Crippen molar-refractivity contribution in [2.24, 2.45) is 0 Å². The lowest BCUT2D eigenvalue weighted by Gasteiger charge is -2.10. The van der Waals surface area contributed by atoms with Crippen molar-refractivity contribution in [3.05, 3.63) is 59.2 Å². The summed E-state index contributed by atoms with van der Waals surface area (Å²) in [5.41, 5.74) is 5.35. The summed E-state index contributed by atoms with van der Waals surface area (Å²) >= 11 is 0. The summed E-state index contributed by atoms with van der Waals surface area (Å²) in [5, 5.41) is 16.2. The van der Waals surface area contributed by atoms with E-state index >= 15 is 0 Å². The Hall–Kier alpha value is -2.00. The van der Waals surface area contributed by atoms with Crippen molar-refractivity contribution in [1.82, 2.24) is 5.32 Å². The summed E-state index contributed by atoms with van der Waals surface area (Å²) in [6.45, 7) is 2.89. The third kappa shape index (κ3) is 2.94. The number of fused-ring (bicyclic) bond motifs is 1. The maximum Gasteiger partial charge on any atom is 0.115 e. The molecule has 0 atom stereocenters. The van der Waals surface area contributed by atoms with Crippen molar-refractivity contribution >= 4 is 5.69 Å².